The smallest absolute Gasteiger partial charge is 0.254 e. The fourth-order valence-electron chi connectivity index (χ4n) is 5.03. The lowest BCUT2D eigenvalue weighted by molar-refractivity contribution is -0.136. The molecule has 1 aliphatic carbocycles. The topological polar surface area (TPSA) is 99.3 Å². The van der Waals surface area contributed by atoms with Gasteiger partial charge in [-0.25, -0.2) is 4.98 Å². The first kappa shape index (κ1) is 20.6. The third-order valence-electron chi connectivity index (χ3n) is 6.78. The van der Waals surface area contributed by atoms with Gasteiger partial charge < -0.3 is 14.8 Å². The average molecular weight is 434 g/mol. The Morgan fingerprint density at radius 2 is 1.94 bits per heavy atom. The highest BCUT2D eigenvalue weighted by molar-refractivity contribution is 5.94. The van der Waals surface area contributed by atoms with Crippen LogP contribution in [0.1, 0.15) is 65.6 Å². The molecule has 2 aliphatic heterocycles. The Hall–Kier alpha value is -3.29. The number of hydrogen-bond acceptors (Lipinski definition) is 5. The lowest BCUT2D eigenvalue weighted by Crippen LogP contribution is -2.41. The Labute approximate surface area is 186 Å². The average Bonchev–Trinajstić information content (AvgIpc) is 3.34. The van der Waals surface area contributed by atoms with Gasteiger partial charge in [0.05, 0.1) is 18.3 Å². The number of fused-ring (bicyclic) bond motifs is 1. The van der Waals surface area contributed by atoms with Crippen LogP contribution in [0.15, 0.2) is 41.5 Å². The van der Waals surface area contributed by atoms with E-state index in [0.717, 1.165) is 32.1 Å². The first-order valence-electron chi connectivity index (χ1n) is 11.4. The van der Waals surface area contributed by atoms with Gasteiger partial charge in [0, 0.05) is 42.5 Å². The molecule has 0 spiro atoms. The number of nitrogens with zero attached hydrogens (tertiary/aromatic N) is 4. The van der Waals surface area contributed by atoms with Crippen LogP contribution in [0.4, 0.5) is 0 Å². The Bertz CT molecular complexity index is 1110. The van der Waals surface area contributed by atoms with E-state index in [1.807, 2.05) is 4.90 Å². The number of aromatic amines is 1. The van der Waals surface area contributed by atoms with E-state index in [-0.39, 0.29) is 29.3 Å². The van der Waals surface area contributed by atoms with Crippen molar-refractivity contribution in [2.24, 2.45) is 5.92 Å². The molecule has 2 atom stereocenters. The molecule has 8 nitrogen and oxygen atoms in total. The van der Waals surface area contributed by atoms with E-state index in [4.69, 9.17) is 4.98 Å². The number of allylic oxidation sites excluding steroid dienone is 2. The van der Waals surface area contributed by atoms with E-state index in [1.54, 1.807) is 29.4 Å². The second kappa shape index (κ2) is 8.68. The second-order valence-corrected chi connectivity index (χ2v) is 8.76. The maximum Gasteiger partial charge on any atom is 0.254 e. The van der Waals surface area contributed by atoms with Crippen molar-refractivity contribution in [3.05, 3.63) is 69.7 Å². The first-order chi connectivity index (χ1) is 15.6. The van der Waals surface area contributed by atoms with Crippen molar-refractivity contribution >= 4 is 11.8 Å². The predicted octanol–water partition coefficient (Wildman–Crippen LogP) is 2.38. The highest BCUT2D eigenvalue weighted by Crippen LogP contribution is 2.33. The lowest BCUT2D eigenvalue weighted by atomic mass is 9.93. The quantitative estimate of drug-likeness (QED) is 0.750. The molecule has 0 saturated carbocycles. The van der Waals surface area contributed by atoms with E-state index < -0.39 is 0 Å². The van der Waals surface area contributed by atoms with Crippen LogP contribution in [-0.2, 0) is 17.8 Å². The summed E-state index contributed by atoms with van der Waals surface area (Å²) in [6.45, 7) is 1.46. The normalized spacial score (nSPS) is 22.6. The molecule has 8 heteroatoms. The number of H-pyrrole nitrogens is 1. The van der Waals surface area contributed by atoms with Gasteiger partial charge in [-0.15, -0.1) is 0 Å². The number of pyridine rings is 1. The molecule has 2 aromatic heterocycles. The van der Waals surface area contributed by atoms with Gasteiger partial charge in [0.25, 0.3) is 11.5 Å². The van der Waals surface area contributed by atoms with Gasteiger partial charge in [-0.05, 0) is 50.7 Å². The number of aromatic nitrogens is 3. The zero-order chi connectivity index (χ0) is 22.1. The highest BCUT2D eigenvalue weighted by atomic mass is 16.2. The molecular formula is C24H27N5O3. The number of amides is 2. The summed E-state index contributed by atoms with van der Waals surface area (Å²) >= 11 is 0. The fraction of sp³-hybridized carbons (Fsp3) is 0.458. The SMILES string of the molecule is O=C(c1ccncc1)N1CCc2c(nc([C@@H]3CCCN3C(=O)[C@@H]3CC=CCC3)[nH]c2=O)C1. The maximum atomic E-state index is 13.2. The summed E-state index contributed by atoms with van der Waals surface area (Å²) < 4.78 is 0. The summed E-state index contributed by atoms with van der Waals surface area (Å²) in [6.07, 6.45) is 12.2. The number of hydrogen-bond donors (Lipinski definition) is 1. The Morgan fingerprint density at radius 3 is 2.72 bits per heavy atom. The third-order valence-corrected chi connectivity index (χ3v) is 6.78. The second-order valence-electron chi connectivity index (χ2n) is 8.76. The van der Waals surface area contributed by atoms with Crippen LogP contribution < -0.4 is 5.56 Å². The highest BCUT2D eigenvalue weighted by Gasteiger charge is 2.36. The zero-order valence-corrected chi connectivity index (χ0v) is 18.0. The van der Waals surface area contributed by atoms with E-state index in [0.29, 0.717) is 48.7 Å². The van der Waals surface area contributed by atoms with Gasteiger partial charge in [-0.2, -0.15) is 0 Å². The summed E-state index contributed by atoms with van der Waals surface area (Å²) in [5.74, 6) is 0.624. The van der Waals surface area contributed by atoms with E-state index >= 15 is 0 Å². The minimum absolute atomic E-state index is 0.0124. The monoisotopic (exact) mass is 433 g/mol. The Kier molecular flexibility index (Phi) is 5.59. The zero-order valence-electron chi connectivity index (χ0n) is 18.0. The van der Waals surface area contributed by atoms with Gasteiger partial charge in [-0.1, -0.05) is 12.2 Å². The number of carbonyl (C=O) groups excluding carboxylic acids is 2. The van der Waals surface area contributed by atoms with Crippen LogP contribution in [0.25, 0.3) is 0 Å². The maximum absolute atomic E-state index is 13.2. The van der Waals surface area contributed by atoms with Gasteiger partial charge in [0.2, 0.25) is 5.91 Å². The van der Waals surface area contributed by atoms with Gasteiger partial charge >= 0.3 is 0 Å². The van der Waals surface area contributed by atoms with Crippen molar-refractivity contribution in [3.8, 4) is 0 Å². The van der Waals surface area contributed by atoms with Crippen LogP contribution in [0.5, 0.6) is 0 Å². The molecule has 2 aromatic rings. The molecule has 1 N–H and O–H groups in total. The van der Waals surface area contributed by atoms with Crippen molar-refractivity contribution in [1.29, 1.82) is 0 Å². The molecule has 32 heavy (non-hydrogen) atoms. The van der Waals surface area contributed by atoms with Crippen LogP contribution in [-0.4, -0.2) is 49.7 Å². The summed E-state index contributed by atoms with van der Waals surface area (Å²) in [7, 11) is 0. The van der Waals surface area contributed by atoms with E-state index in [9.17, 15) is 14.4 Å². The summed E-state index contributed by atoms with van der Waals surface area (Å²) in [5, 5.41) is 0. The number of carbonyl (C=O) groups is 2. The lowest BCUT2D eigenvalue weighted by Gasteiger charge is -2.31. The summed E-state index contributed by atoms with van der Waals surface area (Å²) in [4.78, 5) is 54.2. The molecule has 4 heterocycles. The van der Waals surface area contributed by atoms with Crippen LogP contribution in [0.3, 0.4) is 0 Å². The van der Waals surface area contributed by atoms with Crippen molar-refractivity contribution in [2.45, 2.75) is 51.1 Å². The molecule has 3 aliphatic rings. The van der Waals surface area contributed by atoms with Crippen LogP contribution in [0.2, 0.25) is 0 Å². The van der Waals surface area contributed by atoms with Crippen molar-refractivity contribution in [3.63, 3.8) is 0 Å². The van der Waals surface area contributed by atoms with Crippen LogP contribution in [0, 0.1) is 5.92 Å². The van der Waals surface area contributed by atoms with Gasteiger partial charge in [0.15, 0.2) is 0 Å². The molecular weight excluding hydrogens is 406 g/mol. The minimum Gasteiger partial charge on any atom is -0.332 e. The molecule has 166 valence electrons. The molecule has 0 unspecified atom stereocenters. The number of rotatable bonds is 3. The largest absolute Gasteiger partial charge is 0.332 e. The molecule has 1 saturated heterocycles. The first-order valence-corrected chi connectivity index (χ1v) is 11.4. The predicted molar refractivity (Wildman–Crippen MR) is 118 cm³/mol. The molecule has 0 bridgehead atoms. The van der Waals surface area contributed by atoms with Crippen LogP contribution >= 0.6 is 0 Å². The van der Waals surface area contributed by atoms with E-state index in [1.165, 1.54) is 0 Å². The Balaban J connectivity index is 1.39. The summed E-state index contributed by atoms with van der Waals surface area (Å²) in [5.41, 5.74) is 1.70. The molecule has 0 aromatic carbocycles. The molecule has 5 rings (SSSR count). The minimum atomic E-state index is -0.210. The van der Waals surface area contributed by atoms with Crippen molar-refractivity contribution in [2.75, 3.05) is 13.1 Å². The summed E-state index contributed by atoms with van der Waals surface area (Å²) in [6, 6.07) is 3.17. The Morgan fingerprint density at radius 1 is 1.09 bits per heavy atom. The van der Waals surface area contributed by atoms with Gasteiger partial charge in [-0.3, -0.25) is 19.4 Å². The molecule has 2 amide bonds. The standard InChI is InChI=1S/C24H27N5O3/c30-22-18-10-14-28(23(31)17-8-11-25-12-9-17)15-19(18)26-21(27-22)20-7-4-13-29(20)24(32)16-5-2-1-3-6-16/h1-2,8-9,11-12,16,20H,3-7,10,13-15H2,(H,26,27,30)/t16-,20+/m1/s1. The van der Waals surface area contributed by atoms with Crippen molar-refractivity contribution in [1.82, 2.24) is 24.8 Å². The molecule has 1 fully saturated rings. The molecule has 0 radical (unpaired) electrons. The van der Waals surface area contributed by atoms with Crippen molar-refractivity contribution < 1.29 is 9.59 Å². The fourth-order valence-corrected chi connectivity index (χ4v) is 5.03. The number of likely N-dealkylation sites (tertiary alicyclic amines) is 1. The van der Waals surface area contributed by atoms with E-state index in [2.05, 4.69) is 22.1 Å². The number of nitrogens with one attached hydrogen (secondary N) is 1. The van der Waals surface area contributed by atoms with Gasteiger partial charge in [0.1, 0.15) is 5.82 Å². The third kappa shape index (κ3) is 3.85.